The van der Waals surface area contributed by atoms with Gasteiger partial charge in [-0.2, -0.15) is 0 Å². The van der Waals surface area contributed by atoms with E-state index in [0.717, 1.165) is 0 Å². The predicted octanol–water partition coefficient (Wildman–Crippen LogP) is 2.58. The van der Waals surface area contributed by atoms with Crippen molar-refractivity contribution >= 4 is 23.9 Å². The van der Waals surface area contributed by atoms with Gasteiger partial charge in [-0.25, -0.2) is 0 Å². The number of carbonyl (C=O) groups excluding carboxylic acids is 2. The van der Waals surface area contributed by atoms with Gasteiger partial charge in [0.05, 0.1) is 24.7 Å². The molecule has 1 saturated heterocycles. The molecule has 142 valence electrons. The fourth-order valence-electron chi connectivity index (χ4n) is 2.07. The molecule has 0 spiro atoms. The summed E-state index contributed by atoms with van der Waals surface area (Å²) < 4.78 is 4.42. The first kappa shape index (κ1) is 24.9. The first-order valence-electron chi connectivity index (χ1n) is 7.68. The number of hydrogen-bond acceptors (Lipinski definition) is 5. The number of aliphatic carboxylic acids is 2. The van der Waals surface area contributed by atoms with E-state index < -0.39 is 29.2 Å². The lowest BCUT2D eigenvalue weighted by atomic mass is 9.79. The third kappa shape index (κ3) is 9.50. The molecule has 7 nitrogen and oxygen atoms in total. The van der Waals surface area contributed by atoms with Gasteiger partial charge in [0.15, 0.2) is 0 Å². The molecule has 1 aliphatic heterocycles. The summed E-state index contributed by atoms with van der Waals surface area (Å²) in [5, 5.41) is 17.1. The Morgan fingerprint density at radius 2 is 1.56 bits per heavy atom. The third-order valence-corrected chi connectivity index (χ3v) is 3.64. The molecule has 0 aromatic rings. The van der Waals surface area contributed by atoms with Gasteiger partial charge in [0.2, 0.25) is 0 Å². The molecule has 0 radical (unpaired) electrons. The van der Waals surface area contributed by atoms with Crippen LogP contribution >= 0.6 is 0 Å². The molecule has 0 amide bonds. The van der Waals surface area contributed by atoms with E-state index in [1.54, 1.807) is 20.8 Å². The molecule has 2 atom stereocenters. The van der Waals surface area contributed by atoms with Crippen molar-refractivity contribution in [2.24, 2.45) is 22.7 Å². The van der Waals surface area contributed by atoms with Crippen LogP contribution < -0.4 is 0 Å². The Morgan fingerprint density at radius 3 is 1.68 bits per heavy atom. The van der Waals surface area contributed by atoms with Crippen molar-refractivity contribution < 1.29 is 34.1 Å². The van der Waals surface area contributed by atoms with Gasteiger partial charge in [-0.05, 0) is 10.8 Å². The summed E-state index contributed by atoms with van der Waals surface area (Å²) in [6.07, 6.45) is 7.92. The van der Waals surface area contributed by atoms with Crippen LogP contribution in [0.3, 0.4) is 0 Å². The standard InChI is InChI=1S/C8H14O4.C8H12O3.C2H2/c1-8(2,3)5(7(11)12)4-6(9)10;1-8(2,3)5-4-6(9)11-7(5)10;1-2/h5H,4H2,1-3H3,(H,9,10)(H,11,12);5H,4H2,1-3H3;1-2H. The van der Waals surface area contributed by atoms with Crippen molar-refractivity contribution in [3.63, 3.8) is 0 Å². The summed E-state index contributed by atoms with van der Waals surface area (Å²) in [5.41, 5.74) is -0.673. The molecule has 0 aromatic carbocycles. The predicted molar refractivity (Wildman–Crippen MR) is 91.4 cm³/mol. The Hall–Kier alpha value is -2.36. The average molecular weight is 356 g/mol. The number of carboxylic acid groups (broad SMARTS) is 2. The second-order valence-corrected chi connectivity index (χ2v) is 7.77. The van der Waals surface area contributed by atoms with Crippen LogP contribution in [-0.2, 0) is 23.9 Å². The Morgan fingerprint density at radius 1 is 1.12 bits per heavy atom. The van der Waals surface area contributed by atoms with Crippen molar-refractivity contribution in [3.05, 3.63) is 0 Å². The van der Waals surface area contributed by atoms with E-state index in [1.807, 2.05) is 20.8 Å². The van der Waals surface area contributed by atoms with Gasteiger partial charge in [-0.3, -0.25) is 19.2 Å². The number of cyclic esters (lactones) is 2. The van der Waals surface area contributed by atoms with E-state index in [-0.39, 0.29) is 30.1 Å². The van der Waals surface area contributed by atoms with E-state index in [9.17, 15) is 19.2 Å². The van der Waals surface area contributed by atoms with Gasteiger partial charge < -0.3 is 14.9 Å². The topological polar surface area (TPSA) is 118 Å². The minimum absolute atomic E-state index is 0.163. The first-order valence-corrected chi connectivity index (χ1v) is 7.68. The van der Waals surface area contributed by atoms with Gasteiger partial charge in [-0.1, -0.05) is 41.5 Å². The summed E-state index contributed by atoms with van der Waals surface area (Å²) in [6.45, 7) is 10.9. The van der Waals surface area contributed by atoms with Crippen LogP contribution in [0.2, 0.25) is 0 Å². The number of carboxylic acids is 2. The van der Waals surface area contributed by atoms with Gasteiger partial charge >= 0.3 is 23.9 Å². The molecule has 7 heteroatoms. The Bertz CT molecular complexity index is 518. The molecule has 1 rings (SSSR count). The molecule has 1 fully saturated rings. The van der Waals surface area contributed by atoms with Crippen LogP contribution in [0, 0.1) is 35.5 Å². The SMILES string of the molecule is C#C.CC(C)(C)C(CC(=O)O)C(=O)O.CC(C)(C)C1CC(=O)OC1=O. The van der Waals surface area contributed by atoms with Crippen LogP contribution in [0.4, 0.5) is 0 Å². The zero-order chi connectivity index (χ0) is 20.6. The van der Waals surface area contributed by atoms with Gasteiger partial charge in [-0.15, -0.1) is 12.8 Å². The monoisotopic (exact) mass is 356 g/mol. The number of hydrogen-bond donors (Lipinski definition) is 2. The highest BCUT2D eigenvalue weighted by molar-refractivity contribution is 5.95. The van der Waals surface area contributed by atoms with E-state index in [2.05, 4.69) is 17.6 Å². The fraction of sp³-hybridized carbons (Fsp3) is 0.667. The van der Waals surface area contributed by atoms with Crippen LogP contribution in [0.1, 0.15) is 54.4 Å². The molecule has 2 unspecified atom stereocenters. The second kappa shape index (κ2) is 9.82. The first-order chi connectivity index (χ1) is 11.2. The molecule has 0 aliphatic carbocycles. The molecule has 25 heavy (non-hydrogen) atoms. The van der Waals surface area contributed by atoms with Crippen molar-refractivity contribution in [2.75, 3.05) is 0 Å². The highest BCUT2D eigenvalue weighted by atomic mass is 16.6. The second-order valence-electron chi connectivity index (χ2n) is 7.77. The number of carbonyl (C=O) groups is 4. The van der Waals surface area contributed by atoms with E-state index in [1.165, 1.54) is 0 Å². The molecule has 0 saturated carbocycles. The maximum absolute atomic E-state index is 11.0. The summed E-state index contributed by atoms with van der Waals surface area (Å²) in [7, 11) is 0. The highest BCUT2D eigenvalue weighted by Gasteiger charge is 2.41. The van der Waals surface area contributed by atoms with E-state index in [0.29, 0.717) is 0 Å². The lowest BCUT2D eigenvalue weighted by Crippen LogP contribution is -2.30. The fourth-order valence-corrected chi connectivity index (χ4v) is 2.07. The number of rotatable bonds is 3. The van der Waals surface area contributed by atoms with Gasteiger partial charge in [0.1, 0.15) is 0 Å². The number of ether oxygens (including phenoxy) is 1. The Balaban J connectivity index is 0. The number of terminal acetylenes is 1. The van der Waals surface area contributed by atoms with Crippen molar-refractivity contribution in [1.82, 2.24) is 0 Å². The molecule has 0 aromatic heterocycles. The lowest BCUT2D eigenvalue weighted by Gasteiger charge is -2.25. The Kier molecular flexibility index (Phi) is 9.78. The summed E-state index contributed by atoms with van der Waals surface area (Å²) >= 11 is 0. The smallest absolute Gasteiger partial charge is 0.317 e. The molecular weight excluding hydrogens is 328 g/mol. The van der Waals surface area contributed by atoms with Crippen molar-refractivity contribution in [3.8, 4) is 12.8 Å². The number of esters is 2. The highest BCUT2D eigenvalue weighted by Crippen LogP contribution is 2.33. The van der Waals surface area contributed by atoms with Crippen molar-refractivity contribution in [1.29, 1.82) is 0 Å². The maximum atomic E-state index is 11.0. The van der Waals surface area contributed by atoms with Crippen LogP contribution in [0.15, 0.2) is 0 Å². The minimum Gasteiger partial charge on any atom is -0.481 e. The Labute approximate surface area is 148 Å². The van der Waals surface area contributed by atoms with Crippen LogP contribution in [0.5, 0.6) is 0 Å². The molecule has 1 heterocycles. The van der Waals surface area contributed by atoms with E-state index >= 15 is 0 Å². The lowest BCUT2D eigenvalue weighted by molar-refractivity contribution is -0.154. The van der Waals surface area contributed by atoms with Crippen molar-refractivity contribution in [2.45, 2.75) is 54.4 Å². The van der Waals surface area contributed by atoms with Crippen LogP contribution in [0.25, 0.3) is 0 Å². The zero-order valence-corrected chi connectivity index (χ0v) is 15.7. The summed E-state index contributed by atoms with van der Waals surface area (Å²) in [4.78, 5) is 42.6. The zero-order valence-electron chi connectivity index (χ0n) is 15.7. The van der Waals surface area contributed by atoms with Gasteiger partial charge in [0.25, 0.3) is 0 Å². The molecular formula is C18H28O7. The largest absolute Gasteiger partial charge is 0.481 e. The molecule has 0 bridgehead atoms. The molecule has 2 N–H and O–H groups in total. The molecule has 1 aliphatic rings. The normalized spacial score (nSPS) is 18.0. The third-order valence-electron chi connectivity index (χ3n) is 3.64. The van der Waals surface area contributed by atoms with Gasteiger partial charge in [0, 0.05) is 0 Å². The van der Waals surface area contributed by atoms with Crippen LogP contribution in [-0.4, -0.2) is 34.1 Å². The average Bonchev–Trinajstić information content (AvgIpc) is 2.76. The quantitative estimate of drug-likeness (QED) is 0.453. The summed E-state index contributed by atoms with van der Waals surface area (Å²) in [6, 6.07) is 0. The van der Waals surface area contributed by atoms with E-state index in [4.69, 9.17) is 10.2 Å². The summed E-state index contributed by atoms with van der Waals surface area (Å²) in [5.74, 6) is -3.97. The minimum atomic E-state index is -1.07. The maximum Gasteiger partial charge on any atom is 0.317 e.